The van der Waals surface area contributed by atoms with Gasteiger partial charge in [0, 0.05) is 18.8 Å². The molecule has 0 spiro atoms. The lowest BCUT2D eigenvalue weighted by Crippen LogP contribution is -2.22. The number of carbonyl (C=O) groups is 1. The zero-order valence-electron chi connectivity index (χ0n) is 10.2. The van der Waals surface area contributed by atoms with E-state index in [4.69, 9.17) is 17.3 Å². The van der Waals surface area contributed by atoms with Gasteiger partial charge in [0.25, 0.3) is 0 Å². The van der Waals surface area contributed by atoms with Gasteiger partial charge in [0.2, 0.25) is 5.91 Å². The van der Waals surface area contributed by atoms with Crippen LogP contribution in [-0.4, -0.2) is 24.9 Å². The molecule has 0 saturated carbocycles. The van der Waals surface area contributed by atoms with E-state index in [1.807, 2.05) is 12.1 Å². The average molecular weight is 256 g/mol. The Balaban J connectivity index is 2.97. The minimum atomic E-state index is -0.255. The average Bonchev–Trinajstić information content (AvgIpc) is 2.34. The number of alkyl halides is 1. The Morgan fingerprint density at radius 1 is 1.41 bits per heavy atom. The van der Waals surface area contributed by atoms with Crippen molar-refractivity contribution in [2.45, 2.75) is 13.8 Å². The zero-order chi connectivity index (χ0) is 12.8. The van der Waals surface area contributed by atoms with Crippen LogP contribution in [-0.2, 0) is 4.79 Å². The molecule has 94 valence electrons. The van der Waals surface area contributed by atoms with Gasteiger partial charge in [-0.15, -0.1) is 11.6 Å². The van der Waals surface area contributed by atoms with Crippen molar-refractivity contribution in [3.63, 3.8) is 0 Å². The number of hydrogen-bond acceptors (Lipinski definition) is 3. The number of halogens is 1. The van der Waals surface area contributed by atoms with Gasteiger partial charge >= 0.3 is 0 Å². The smallest absolute Gasteiger partial charge is 0.239 e. The lowest BCUT2D eigenvalue weighted by molar-refractivity contribution is -0.113. The van der Waals surface area contributed by atoms with Crippen molar-refractivity contribution < 1.29 is 4.79 Å². The van der Waals surface area contributed by atoms with E-state index in [0.717, 1.165) is 18.8 Å². The summed E-state index contributed by atoms with van der Waals surface area (Å²) in [6, 6.07) is 5.60. The minimum absolute atomic E-state index is 0.0745. The van der Waals surface area contributed by atoms with Crippen molar-refractivity contribution in [2.75, 3.05) is 34.9 Å². The fourth-order valence-electron chi connectivity index (χ4n) is 1.62. The number of carbonyl (C=O) groups excluding carboxylic acids is 1. The summed E-state index contributed by atoms with van der Waals surface area (Å²) in [6.07, 6.45) is 0. The van der Waals surface area contributed by atoms with E-state index in [1.54, 1.807) is 6.07 Å². The fraction of sp³-hybridized carbons (Fsp3) is 0.417. The molecule has 0 aliphatic rings. The molecule has 17 heavy (non-hydrogen) atoms. The van der Waals surface area contributed by atoms with Gasteiger partial charge in [-0.2, -0.15) is 0 Å². The van der Waals surface area contributed by atoms with Crippen LogP contribution in [0.1, 0.15) is 13.8 Å². The quantitative estimate of drug-likeness (QED) is 0.627. The number of nitrogen functional groups attached to an aromatic ring is 1. The molecule has 3 N–H and O–H groups in total. The van der Waals surface area contributed by atoms with Gasteiger partial charge in [-0.05, 0) is 32.0 Å². The van der Waals surface area contributed by atoms with E-state index in [1.165, 1.54) is 0 Å². The molecule has 1 rings (SSSR count). The Morgan fingerprint density at radius 2 is 2.06 bits per heavy atom. The van der Waals surface area contributed by atoms with Crippen LogP contribution in [0.5, 0.6) is 0 Å². The maximum Gasteiger partial charge on any atom is 0.239 e. The molecule has 0 saturated heterocycles. The molecule has 0 atom stereocenters. The van der Waals surface area contributed by atoms with Gasteiger partial charge < -0.3 is 16.0 Å². The molecule has 0 aliphatic heterocycles. The summed E-state index contributed by atoms with van der Waals surface area (Å²) in [6.45, 7) is 5.97. The Bertz CT molecular complexity index is 391. The van der Waals surface area contributed by atoms with E-state index in [2.05, 4.69) is 24.1 Å². The first kappa shape index (κ1) is 13.6. The molecule has 0 radical (unpaired) electrons. The molecule has 1 aromatic rings. The minimum Gasteiger partial charge on any atom is -0.397 e. The Kier molecular flexibility index (Phi) is 5.10. The van der Waals surface area contributed by atoms with Crippen molar-refractivity contribution >= 4 is 34.6 Å². The second-order valence-electron chi connectivity index (χ2n) is 3.63. The van der Waals surface area contributed by atoms with E-state index in [0.29, 0.717) is 11.4 Å². The van der Waals surface area contributed by atoms with Crippen molar-refractivity contribution in [3.8, 4) is 0 Å². The molecule has 1 amide bonds. The maximum absolute atomic E-state index is 11.2. The number of amides is 1. The predicted molar refractivity (Wildman–Crippen MR) is 73.8 cm³/mol. The predicted octanol–water partition coefficient (Wildman–Crippen LogP) is 2.29. The van der Waals surface area contributed by atoms with Crippen LogP contribution in [0.25, 0.3) is 0 Å². The van der Waals surface area contributed by atoms with Crippen molar-refractivity contribution in [1.82, 2.24) is 0 Å². The van der Waals surface area contributed by atoms with Gasteiger partial charge in [0.05, 0.1) is 11.4 Å². The Hall–Kier alpha value is -1.42. The van der Waals surface area contributed by atoms with Crippen LogP contribution in [0, 0.1) is 0 Å². The number of nitrogens with one attached hydrogen (secondary N) is 1. The van der Waals surface area contributed by atoms with Gasteiger partial charge in [-0.3, -0.25) is 4.79 Å². The van der Waals surface area contributed by atoms with Crippen LogP contribution in [0.15, 0.2) is 18.2 Å². The first-order chi connectivity index (χ1) is 8.12. The van der Waals surface area contributed by atoms with Crippen molar-refractivity contribution in [2.24, 2.45) is 0 Å². The topological polar surface area (TPSA) is 58.4 Å². The van der Waals surface area contributed by atoms with Crippen LogP contribution >= 0.6 is 11.6 Å². The highest BCUT2D eigenvalue weighted by Crippen LogP contribution is 2.25. The van der Waals surface area contributed by atoms with Gasteiger partial charge in [0.15, 0.2) is 0 Å². The number of nitrogens with two attached hydrogens (primary N) is 1. The zero-order valence-corrected chi connectivity index (χ0v) is 10.9. The van der Waals surface area contributed by atoms with Gasteiger partial charge in [0.1, 0.15) is 5.88 Å². The molecule has 0 aliphatic carbocycles. The number of nitrogens with zero attached hydrogens (tertiary/aromatic N) is 1. The molecule has 0 bridgehead atoms. The van der Waals surface area contributed by atoms with Gasteiger partial charge in [-0.25, -0.2) is 0 Å². The summed E-state index contributed by atoms with van der Waals surface area (Å²) in [4.78, 5) is 13.4. The molecule has 0 aromatic heterocycles. The first-order valence-corrected chi connectivity index (χ1v) is 6.16. The second kappa shape index (κ2) is 6.35. The summed E-state index contributed by atoms with van der Waals surface area (Å²) in [5.74, 6) is -0.329. The molecule has 0 unspecified atom stereocenters. The molecule has 0 heterocycles. The standard InChI is InChI=1S/C12H18ClN3O/c1-3-16(4-2)9-5-6-10(14)11(7-9)15-12(17)8-13/h5-7H,3-4,8,14H2,1-2H3,(H,15,17). The Labute approximate surface area is 107 Å². The highest BCUT2D eigenvalue weighted by Gasteiger charge is 2.08. The third-order valence-electron chi connectivity index (χ3n) is 2.56. The van der Waals surface area contributed by atoms with Crippen molar-refractivity contribution in [1.29, 1.82) is 0 Å². The highest BCUT2D eigenvalue weighted by molar-refractivity contribution is 6.29. The van der Waals surface area contributed by atoms with Crippen LogP contribution in [0.3, 0.4) is 0 Å². The van der Waals surface area contributed by atoms with E-state index in [-0.39, 0.29) is 11.8 Å². The number of rotatable bonds is 5. The lowest BCUT2D eigenvalue weighted by atomic mass is 10.2. The summed E-state index contributed by atoms with van der Waals surface area (Å²) >= 11 is 5.45. The number of benzene rings is 1. The molecule has 4 nitrogen and oxygen atoms in total. The fourth-order valence-corrected chi connectivity index (χ4v) is 1.69. The largest absolute Gasteiger partial charge is 0.397 e. The second-order valence-corrected chi connectivity index (χ2v) is 3.89. The summed E-state index contributed by atoms with van der Waals surface area (Å²) < 4.78 is 0. The summed E-state index contributed by atoms with van der Waals surface area (Å²) in [7, 11) is 0. The highest BCUT2D eigenvalue weighted by atomic mass is 35.5. The Morgan fingerprint density at radius 3 is 2.59 bits per heavy atom. The normalized spacial score (nSPS) is 10.1. The number of hydrogen-bond donors (Lipinski definition) is 2. The van der Waals surface area contributed by atoms with Crippen molar-refractivity contribution in [3.05, 3.63) is 18.2 Å². The number of anilines is 3. The third-order valence-corrected chi connectivity index (χ3v) is 2.80. The molecule has 0 fully saturated rings. The lowest BCUT2D eigenvalue weighted by Gasteiger charge is -2.22. The van der Waals surface area contributed by atoms with Crippen LogP contribution < -0.4 is 16.0 Å². The molecule has 5 heteroatoms. The molecule has 1 aromatic carbocycles. The summed E-state index contributed by atoms with van der Waals surface area (Å²) in [5, 5.41) is 2.68. The third kappa shape index (κ3) is 3.53. The SMILES string of the molecule is CCN(CC)c1ccc(N)c(NC(=O)CCl)c1. The van der Waals surface area contributed by atoms with Gasteiger partial charge in [-0.1, -0.05) is 0 Å². The molecular weight excluding hydrogens is 238 g/mol. The van der Waals surface area contributed by atoms with Crippen LogP contribution in [0.4, 0.5) is 17.1 Å². The summed E-state index contributed by atoms with van der Waals surface area (Å²) in [5.41, 5.74) is 7.99. The monoisotopic (exact) mass is 255 g/mol. The van der Waals surface area contributed by atoms with Crippen LogP contribution in [0.2, 0.25) is 0 Å². The molecular formula is C12H18ClN3O. The van der Waals surface area contributed by atoms with E-state index >= 15 is 0 Å². The first-order valence-electron chi connectivity index (χ1n) is 5.62. The van der Waals surface area contributed by atoms with E-state index < -0.39 is 0 Å². The van der Waals surface area contributed by atoms with E-state index in [9.17, 15) is 4.79 Å². The maximum atomic E-state index is 11.2.